The van der Waals surface area contributed by atoms with E-state index in [1.54, 1.807) is 12.3 Å². The Morgan fingerprint density at radius 1 is 1.00 bits per heavy atom. The summed E-state index contributed by atoms with van der Waals surface area (Å²) in [4.78, 5) is 29.8. The van der Waals surface area contributed by atoms with Gasteiger partial charge in [0.1, 0.15) is 0 Å². The molecule has 1 heterocycles. The van der Waals surface area contributed by atoms with E-state index in [9.17, 15) is 9.59 Å². The number of nitrogens with one attached hydrogen (secondary N) is 1. The maximum absolute atomic E-state index is 12.6. The van der Waals surface area contributed by atoms with Gasteiger partial charge in [0, 0.05) is 22.1 Å². The minimum absolute atomic E-state index is 0.327. The summed E-state index contributed by atoms with van der Waals surface area (Å²) in [6.45, 7) is 0. The molecule has 0 aliphatic carbocycles. The van der Waals surface area contributed by atoms with Gasteiger partial charge in [0.15, 0.2) is 0 Å². The number of H-pyrrole nitrogens is 1. The van der Waals surface area contributed by atoms with Crippen LogP contribution < -0.4 is 11.2 Å². The molecule has 0 amide bonds. The largest absolute Gasteiger partial charge is 0.329 e. The van der Waals surface area contributed by atoms with Crippen molar-refractivity contribution < 1.29 is 0 Å². The van der Waals surface area contributed by atoms with Crippen LogP contribution >= 0.6 is 31.9 Å². The van der Waals surface area contributed by atoms with Crippen LogP contribution in [-0.2, 0) is 0 Å². The highest BCUT2D eigenvalue weighted by molar-refractivity contribution is 9.12. The summed E-state index contributed by atoms with van der Waals surface area (Å²) in [7, 11) is 0. The van der Waals surface area contributed by atoms with Crippen LogP contribution in [-0.4, -0.2) is 9.55 Å². The van der Waals surface area contributed by atoms with Gasteiger partial charge < -0.3 is 0 Å². The molecule has 0 aliphatic heterocycles. The number of benzene rings is 2. The Kier molecular flexibility index (Phi) is 6.28. The van der Waals surface area contributed by atoms with Crippen LogP contribution in [0.5, 0.6) is 0 Å². The van der Waals surface area contributed by atoms with Gasteiger partial charge in [0.2, 0.25) is 0 Å². The predicted octanol–water partition coefficient (Wildman–Crippen LogP) is 4.27. The van der Waals surface area contributed by atoms with Gasteiger partial charge in [-0.05, 0) is 43.9 Å². The second-order valence-electron chi connectivity index (χ2n) is 5.69. The van der Waals surface area contributed by atoms with Crippen LogP contribution in [0.3, 0.4) is 0 Å². The first kappa shape index (κ1) is 19.2. The fourth-order valence-electron chi connectivity index (χ4n) is 2.80. The molecule has 2 aromatic carbocycles. The van der Waals surface area contributed by atoms with Crippen LogP contribution in [0.4, 0.5) is 0 Å². The molecule has 3 rings (SSSR count). The third-order valence-corrected chi connectivity index (χ3v) is 4.58. The first-order valence-electron chi connectivity index (χ1n) is 8.04. The van der Waals surface area contributed by atoms with E-state index < -0.39 is 11.2 Å². The molecule has 0 radical (unpaired) electrons. The van der Waals surface area contributed by atoms with E-state index in [0.717, 1.165) is 11.1 Å². The van der Waals surface area contributed by atoms with Crippen molar-refractivity contribution in [2.75, 3.05) is 0 Å². The number of allylic oxidation sites excluding steroid dienone is 1. The molecular weight excluding hydrogens is 472 g/mol. The number of hydrogen-bond acceptors (Lipinski definition) is 2. The summed E-state index contributed by atoms with van der Waals surface area (Å²) < 4.78 is 2.05. The van der Waals surface area contributed by atoms with Crippen molar-refractivity contribution in [3.8, 4) is 10.8 Å². The number of nitrogens with zero attached hydrogens (tertiary/aromatic N) is 1. The van der Waals surface area contributed by atoms with E-state index in [-0.39, 0.29) is 6.04 Å². The molecule has 0 fully saturated rings. The Hall–Kier alpha value is -2.62. The van der Waals surface area contributed by atoms with Gasteiger partial charge in [0.05, 0.1) is 16.1 Å². The summed E-state index contributed by atoms with van der Waals surface area (Å²) in [6, 6.07) is 19.0. The number of halogens is 2. The lowest BCUT2D eigenvalue weighted by Gasteiger charge is -2.21. The first-order chi connectivity index (χ1) is 13.1. The molecule has 1 aromatic heterocycles. The van der Waals surface area contributed by atoms with E-state index in [4.69, 9.17) is 0 Å². The van der Waals surface area contributed by atoms with E-state index in [1.807, 2.05) is 60.7 Å². The molecule has 27 heavy (non-hydrogen) atoms. The molecule has 0 saturated carbocycles. The molecule has 0 saturated heterocycles. The lowest BCUT2D eigenvalue weighted by molar-refractivity contribution is 0.625. The predicted molar refractivity (Wildman–Crippen MR) is 115 cm³/mol. The summed E-state index contributed by atoms with van der Waals surface area (Å²) in [5.41, 5.74) is 1.26. The Labute approximate surface area is 172 Å². The van der Waals surface area contributed by atoms with Crippen molar-refractivity contribution in [1.82, 2.24) is 9.55 Å². The normalized spacial score (nSPS) is 11.1. The monoisotopic (exact) mass is 484 g/mol. The van der Waals surface area contributed by atoms with Gasteiger partial charge in [-0.25, -0.2) is 4.79 Å². The quantitative estimate of drug-likeness (QED) is 0.561. The van der Waals surface area contributed by atoms with Crippen LogP contribution in [0.25, 0.3) is 6.08 Å². The maximum atomic E-state index is 12.6. The molecule has 1 N–H and O–H groups in total. The lowest BCUT2D eigenvalue weighted by Crippen LogP contribution is -2.34. The molecule has 4 nitrogen and oxygen atoms in total. The standard InChI is InChI=1S/C21H14Br2N2O2/c22-12-11-18(23)13-17-14-25(21(27)24-20(17)26)19(15-7-3-1-4-8-15)16-9-5-2-6-10-16/h1-10,13-14,19H,(H,24,26,27)/b18-13-. The Balaban J connectivity index is 2.24. The molecule has 0 spiro atoms. The number of aromatic nitrogens is 2. The summed E-state index contributed by atoms with van der Waals surface area (Å²) in [5, 5.41) is 0. The van der Waals surface area contributed by atoms with E-state index in [2.05, 4.69) is 47.6 Å². The SMILES string of the molecule is O=c1[nH]c(=O)n(C(c2ccccc2)c2ccccc2)cc1/C=C(\Br)C#CBr. The van der Waals surface area contributed by atoms with Crippen molar-refractivity contribution in [2.24, 2.45) is 0 Å². The minimum Gasteiger partial charge on any atom is -0.288 e. The summed E-state index contributed by atoms with van der Waals surface area (Å²) >= 11 is 6.32. The van der Waals surface area contributed by atoms with Gasteiger partial charge in [0.25, 0.3) is 5.56 Å². The number of hydrogen-bond donors (Lipinski definition) is 1. The topological polar surface area (TPSA) is 54.9 Å². The van der Waals surface area contributed by atoms with Crippen molar-refractivity contribution in [3.63, 3.8) is 0 Å². The van der Waals surface area contributed by atoms with Crippen molar-refractivity contribution in [3.05, 3.63) is 109 Å². The molecule has 0 bridgehead atoms. The second kappa shape index (κ2) is 8.85. The van der Waals surface area contributed by atoms with Crippen LogP contribution in [0.1, 0.15) is 22.7 Å². The van der Waals surface area contributed by atoms with E-state index in [1.165, 1.54) is 4.57 Å². The average molecular weight is 486 g/mol. The highest BCUT2D eigenvalue weighted by Gasteiger charge is 2.18. The van der Waals surface area contributed by atoms with Crippen molar-refractivity contribution in [2.45, 2.75) is 6.04 Å². The minimum atomic E-state index is -0.474. The van der Waals surface area contributed by atoms with Gasteiger partial charge in [-0.2, -0.15) is 0 Å². The van der Waals surface area contributed by atoms with E-state index in [0.29, 0.717) is 10.0 Å². The van der Waals surface area contributed by atoms with Crippen molar-refractivity contribution in [1.29, 1.82) is 0 Å². The highest BCUT2D eigenvalue weighted by Crippen LogP contribution is 2.25. The first-order valence-corrected chi connectivity index (χ1v) is 9.63. The highest BCUT2D eigenvalue weighted by atomic mass is 79.9. The zero-order chi connectivity index (χ0) is 19.2. The number of rotatable bonds is 4. The zero-order valence-corrected chi connectivity index (χ0v) is 17.2. The maximum Gasteiger partial charge on any atom is 0.329 e. The third kappa shape index (κ3) is 4.57. The molecule has 0 atom stereocenters. The fourth-order valence-corrected chi connectivity index (χ4v) is 3.62. The summed E-state index contributed by atoms with van der Waals surface area (Å²) in [5.74, 6) is 2.75. The Morgan fingerprint density at radius 3 is 2.07 bits per heavy atom. The lowest BCUT2D eigenvalue weighted by atomic mass is 9.98. The molecule has 6 heteroatoms. The van der Waals surface area contributed by atoms with E-state index >= 15 is 0 Å². The fraction of sp³-hybridized carbons (Fsp3) is 0.0476. The average Bonchev–Trinajstić information content (AvgIpc) is 2.67. The molecule has 3 aromatic rings. The third-order valence-electron chi connectivity index (χ3n) is 3.95. The Bertz CT molecular complexity index is 1100. The van der Waals surface area contributed by atoms with Gasteiger partial charge in [-0.15, -0.1) is 0 Å². The van der Waals surface area contributed by atoms with Gasteiger partial charge in [-0.1, -0.05) is 60.7 Å². The summed E-state index contributed by atoms with van der Waals surface area (Å²) in [6.07, 6.45) is 3.14. The van der Waals surface area contributed by atoms with Crippen LogP contribution in [0, 0.1) is 10.8 Å². The van der Waals surface area contributed by atoms with Gasteiger partial charge >= 0.3 is 5.69 Å². The van der Waals surface area contributed by atoms with Gasteiger partial charge in [-0.3, -0.25) is 14.3 Å². The Morgan fingerprint density at radius 2 is 1.56 bits per heavy atom. The number of aromatic amines is 1. The zero-order valence-electron chi connectivity index (χ0n) is 14.0. The second-order valence-corrected chi connectivity index (χ2v) is 6.94. The molecular formula is C21H14Br2N2O2. The molecule has 134 valence electrons. The molecule has 0 unspecified atom stereocenters. The smallest absolute Gasteiger partial charge is 0.288 e. The molecule has 0 aliphatic rings. The van der Waals surface area contributed by atoms with Crippen LogP contribution in [0.2, 0.25) is 0 Å². The van der Waals surface area contributed by atoms with Crippen LogP contribution in [0.15, 0.2) is 80.9 Å². The van der Waals surface area contributed by atoms with Crippen molar-refractivity contribution >= 4 is 37.9 Å².